The first-order chi connectivity index (χ1) is 12.6. The summed E-state index contributed by atoms with van der Waals surface area (Å²) in [5, 5.41) is 5.02. The fraction of sp³-hybridized carbons (Fsp3) is 0.474. The third-order valence-electron chi connectivity index (χ3n) is 4.64. The predicted octanol–water partition coefficient (Wildman–Crippen LogP) is 3.31. The van der Waals surface area contributed by atoms with Crippen LogP contribution in [0.3, 0.4) is 0 Å². The van der Waals surface area contributed by atoms with E-state index in [1.54, 1.807) is 11.3 Å². The SMILES string of the molecule is CN(Cc1cccc(NC(=O)C(N)C2CCOCC2)c1)Cc1cscn1.Cl.Cl. The van der Waals surface area contributed by atoms with Gasteiger partial charge in [0.25, 0.3) is 0 Å². The zero-order valence-electron chi connectivity index (χ0n) is 15.9. The van der Waals surface area contributed by atoms with Gasteiger partial charge in [0.15, 0.2) is 0 Å². The van der Waals surface area contributed by atoms with E-state index in [0.29, 0.717) is 13.2 Å². The molecule has 28 heavy (non-hydrogen) atoms. The Kier molecular flexibility index (Phi) is 11.0. The molecule has 0 spiro atoms. The monoisotopic (exact) mass is 446 g/mol. The first-order valence-electron chi connectivity index (χ1n) is 8.90. The summed E-state index contributed by atoms with van der Waals surface area (Å²) in [5.41, 5.74) is 11.0. The maximum Gasteiger partial charge on any atom is 0.241 e. The van der Waals surface area contributed by atoms with Gasteiger partial charge in [0, 0.05) is 37.4 Å². The Balaban J connectivity index is 0.00000196. The summed E-state index contributed by atoms with van der Waals surface area (Å²) in [4.78, 5) is 19.0. The molecule has 6 nitrogen and oxygen atoms in total. The lowest BCUT2D eigenvalue weighted by Crippen LogP contribution is -2.44. The molecule has 1 fully saturated rings. The summed E-state index contributed by atoms with van der Waals surface area (Å²) < 4.78 is 5.34. The molecule has 156 valence electrons. The number of carbonyl (C=O) groups is 1. The quantitative estimate of drug-likeness (QED) is 0.681. The number of amides is 1. The van der Waals surface area contributed by atoms with Crippen molar-refractivity contribution < 1.29 is 9.53 Å². The van der Waals surface area contributed by atoms with Crippen LogP contribution < -0.4 is 11.1 Å². The van der Waals surface area contributed by atoms with E-state index in [0.717, 1.165) is 42.9 Å². The van der Waals surface area contributed by atoms with Crippen LogP contribution >= 0.6 is 36.2 Å². The standard InChI is InChI=1S/C19H26N4O2S.2ClH/c1-23(11-17-12-26-13-21-17)10-14-3-2-4-16(9-14)22-19(24)18(20)15-5-7-25-8-6-15;;/h2-4,9,12-13,15,18H,5-8,10-11,20H2,1H3,(H,22,24);2*1H. The first-order valence-corrected chi connectivity index (χ1v) is 9.85. The Labute approximate surface area is 182 Å². The number of hydrogen-bond donors (Lipinski definition) is 2. The lowest BCUT2D eigenvalue weighted by molar-refractivity contribution is -0.119. The third-order valence-corrected chi connectivity index (χ3v) is 5.27. The summed E-state index contributed by atoms with van der Waals surface area (Å²) in [6.45, 7) is 2.96. The molecule has 1 unspecified atom stereocenters. The second-order valence-corrected chi connectivity index (χ2v) is 7.54. The molecule has 9 heteroatoms. The highest BCUT2D eigenvalue weighted by Crippen LogP contribution is 2.19. The second kappa shape index (κ2) is 12.4. The number of ether oxygens (including phenoxy) is 1. The number of halogens is 2. The van der Waals surface area contributed by atoms with Crippen LogP contribution in [0.5, 0.6) is 0 Å². The number of nitrogens with zero attached hydrogens (tertiary/aromatic N) is 2. The molecule has 3 rings (SSSR count). The molecule has 2 heterocycles. The van der Waals surface area contributed by atoms with Gasteiger partial charge >= 0.3 is 0 Å². The minimum absolute atomic E-state index is 0. The highest BCUT2D eigenvalue weighted by Gasteiger charge is 2.26. The molecule has 1 saturated heterocycles. The molecule has 1 aliphatic heterocycles. The van der Waals surface area contributed by atoms with Crippen molar-refractivity contribution in [3.63, 3.8) is 0 Å². The van der Waals surface area contributed by atoms with Crippen molar-refractivity contribution in [1.82, 2.24) is 9.88 Å². The number of nitrogens with one attached hydrogen (secondary N) is 1. The van der Waals surface area contributed by atoms with Crippen LogP contribution in [-0.4, -0.2) is 42.1 Å². The van der Waals surface area contributed by atoms with Gasteiger partial charge in [-0.1, -0.05) is 12.1 Å². The minimum Gasteiger partial charge on any atom is -0.381 e. The molecule has 1 amide bonds. The van der Waals surface area contributed by atoms with Crippen molar-refractivity contribution in [1.29, 1.82) is 0 Å². The van der Waals surface area contributed by atoms with Crippen LogP contribution in [-0.2, 0) is 22.6 Å². The van der Waals surface area contributed by atoms with Crippen molar-refractivity contribution in [2.45, 2.75) is 32.0 Å². The highest BCUT2D eigenvalue weighted by molar-refractivity contribution is 7.07. The van der Waals surface area contributed by atoms with Gasteiger partial charge in [-0.2, -0.15) is 0 Å². The van der Waals surface area contributed by atoms with E-state index in [2.05, 4.69) is 33.7 Å². The van der Waals surface area contributed by atoms with Crippen LogP contribution in [0.2, 0.25) is 0 Å². The smallest absolute Gasteiger partial charge is 0.241 e. The topological polar surface area (TPSA) is 80.5 Å². The number of anilines is 1. The van der Waals surface area contributed by atoms with E-state index in [1.807, 2.05) is 23.7 Å². The zero-order chi connectivity index (χ0) is 18.4. The van der Waals surface area contributed by atoms with Gasteiger partial charge in [-0.15, -0.1) is 36.2 Å². The van der Waals surface area contributed by atoms with E-state index >= 15 is 0 Å². The minimum atomic E-state index is -0.491. The van der Waals surface area contributed by atoms with Gasteiger partial charge in [0.05, 0.1) is 17.2 Å². The molecule has 1 aromatic heterocycles. The van der Waals surface area contributed by atoms with Crippen LogP contribution in [0.15, 0.2) is 35.2 Å². The van der Waals surface area contributed by atoms with Crippen LogP contribution in [0.4, 0.5) is 5.69 Å². The lowest BCUT2D eigenvalue weighted by Gasteiger charge is -2.26. The van der Waals surface area contributed by atoms with E-state index in [4.69, 9.17) is 10.5 Å². The number of thiazole rings is 1. The molecule has 1 atom stereocenters. The fourth-order valence-electron chi connectivity index (χ4n) is 3.22. The Morgan fingerprint density at radius 3 is 2.79 bits per heavy atom. The average Bonchev–Trinajstić information content (AvgIpc) is 3.15. The Bertz CT molecular complexity index is 712. The van der Waals surface area contributed by atoms with E-state index in [1.165, 1.54) is 0 Å². The number of rotatable bonds is 7. The summed E-state index contributed by atoms with van der Waals surface area (Å²) in [6.07, 6.45) is 1.69. The molecular formula is C19H28Cl2N4O2S. The highest BCUT2D eigenvalue weighted by atomic mass is 35.5. The van der Waals surface area contributed by atoms with Gasteiger partial charge in [-0.05, 0) is 43.5 Å². The van der Waals surface area contributed by atoms with Crippen molar-refractivity contribution >= 4 is 47.7 Å². The Hall–Kier alpha value is -1.22. The molecule has 0 saturated carbocycles. The molecule has 0 bridgehead atoms. The molecule has 2 aromatic rings. The Morgan fingerprint density at radius 2 is 2.11 bits per heavy atom. The van der Waals surface area contributed by atoms with Crippen molar-refractivity contribution in [3.05, 3.63) is 46.4 Å². The van der Waals surface area contributed by atoms with Crippen molar-refractivity contribution in [2.24, 2.45) is 11.7 Å². The summed E-state index contributed by atoms with van der Waals surface area (Å²) in [7, 11) is 2.06. The molecule has 0 radical (unpaired) electrons. The van der Waals surface area contributed by atoms with E-state index in [-0.39, 0.29) is 36.6 Å². The first kappa shape index (κ1) is 24.8. The number of nitrogens with two attached hydrogens (primary N) is 1. The van der Waals surface area contributed by atoms with Crippen molar-refractivity contribution in [2.75, 3.05) is 25.6 Å². The number of carbonyl (C=O) groups excluding carboxylic acids is 1. The van der Waals surface area contributed by atoms with Crippen LogP contribution in [0, 0.1) is 5.92 Å². The van der Waals surface area contributed by atoms with Crippen LogP contribution in [0.25, 0.3) is 0 Å². The van der Waals surface area contributed by atoms with Gasteiger partial charge in [0.2, 0.25) is 5.91 Å². The number of hydrogen-bond acceptors (Lipinski definition) is 6. The molecule has 0 aliphatic carbocycles. The molecule has 1 aromatic carbocycles. The normalized spacial score (nSPS) is 15.4. The van der Waals surface area contributed by atoms with Gasteiger partial charge in [0.1, 0.15) is 0 Å². The largest absolute Gasteiger partial charge is 0.381 e. The molecule has 3 N–H and O–H groups in total. The predicted molar refractivity (Wildman–Crippen MR) is 118 cm³/mol. The lowest BCUT2D eigenvalue weighted by atomic mass is 9.92. The van der Waals surface area contributed by atoms with Gasteiger partial charge in [-0.3, -0.25) is 9.69 Å². The second-order valence-electron chi connectivity index (χ2n) is 6.82. The van der Waals surface area contributed by atoms with Crippen molar-refractivity contribution in [3.8, 4) is 0 Å². The Morgan fingerprint density at radius 1 is 1.36 bits per heavy atom. The summed E-state index contributed by atoms with van der Waals surface area (Å²) >= 11 is 1.61. The summed E-state index contributed by atoms with van der Waals surface area (Å²) in [6, 6.07) is 7.44. The van der Waals surface area contributed by atoms with Gasteiger partial charge < -0.3 is 15.8 Å². The zero-order valence-corrected chi connectivity index (χ0v) is 18.3. The number of aromatic nitrogens is 1. The molecular weight excluding hydrogens is 419 g/mol. The fourth-order valence-corrected chi connectivity index (χ4v) is 3.77. The number of benzene rings is 1. The van der Waals surface area contributed by atoms with E-state index < -0.39 is 6.04 Å². The van der Waals surface area contributed by atoms with E-state index in [9.17, 15) is 4.79 Å². The average molecular weight is 447 g/mol. The maximum absolute atomic E-state index is 12.5. The third kappa shape index (κ3) is 7.31. The van der Waals surface area contributed by atoms with Gasteiger partial charge in [-0.25, -0.2) is 4.98 Å². The molecule has 1 aliphatic rings. The summed E-state index contributed by atoms with van der Waals surface area (Å²) in [5.74, 6) is 0.0704. The van der Waals surface area contributed by atoms with Crippen LogP contribution in [0.1, 0.15) is 24.1 Å². The maximum atomic E-state index is 12.5.